The summed E-state index contributed by atoms with van der Waals surface area (Å²) in [7, 11) is 0. The molecule has 0 unspecified atom stereocenters. The Balaban J connectivity index is 3.26. The standard InChI is InChI=1S/C9H10N2/c1-3-6-10-8-5-9-11-7-4-2/h1-2,5-6,8,11H,7,9H2/b8-5-,10-6?. The number of hydrogen-bond donors (Lipinski definition) is 1. The molecule has 1 N–H and O–H groups in total. The summed E-state index contributed by atoms with van der Waals surface area (Å²) < 4.78 is 0. The van der Waals surface area contributed by atoms with E-state index in [9.17, 15) is 0 Å². The van der Waals surface area contributed by atoms with Gasteiger partial charge in [0.25, 0.3) is 0 Å². The molecule has 0 aliphatic carbocycles. The van der Waals surface area contributed by atoms with Crippen molar-refractivity contribution >= 4 is 6.21 Å². The van der Waals surface area contributed by atoms with Crippen molar-refractivity contribution in [2.75, 3.05) is 13.1 Å². The lowest BCUT2D eigenvalue weighted by atomic mass is 10.5. The second-order valence-electron chi connectivity index (χ2n) is 1.66. The topological polar surface area (TPSA) is 24.4 Å². The molecular weight excluding hydrogens is 136 g/mol. The van der Waals surface area contributed by atoms with Gasteiger partial charge in [-0.3, -0.25) is 4.99 Å². The van der Waals surface area contributed by atoms with Gasteiger partial charge in [0.05, 0.1) is 12.8 Å². The number of hydrogen-bond acceptors (Lipinski definition) is 2. The van der Waals surface area contributed by atoms with Gasteiger partial charge in [0.15, 0.2) is 0 Å². The molecule has 2 heteroatoms. The third kappa shape index (κ3) is 8.49. The van der Waals surface area contributed by atoms with E-state index in [0.29, 0.717) is 13.1 Å². The lowest BCUT2D eigenvalue weighted by Gasteiger charge is -1.89. The van der Waals surface area contributed by atoms with Crippen LogP contribution < -0.4 is 5.32 Å². The van der Waals surface area contributed by atoms with E-state index in [0.717, 1.165) is 0 Å². The molecule has 0 aliphatic heterocycles. The fourth-order valence-electron chi connectivity index (χ4n) is 0.427. The number of terminal acetylenes is 2. The molecule has 0 atom stereocenters. The molecule has 0 rings (SSSR count). The Labute approximate surface area is 67.4 Å². The first kappa shape index (κ1) is 9.49. The maximum absolute atomic E-state index is 5.00. The average molecular weight is 146 g/mol. The molecule has 0 heterocycles. The monoisotopic (exact) mass is 146 g/mol. The predicted octanol–water partition coefficient (Wildman–Crippen LogP) is 0.427. The van der Waals surface area contributed by atoms with Crippen LogP contribution in [-0.4, -0.2) is 19.3 Å². The van der Waals surface area contributed by atoms with E-state index in [4.69, 9.17) is 12.8 Å². The van der Waals surface area contributed by atoms with Crippen molar-refractivity contribution in [1.29, 1.82) is 0 Å². The first-order chi connectivity index (χ1) is 5.41. The van der Waals surface area contributed by atoms with Crippen molar-refractivity contribution in [2.45, 2.75) is 0 Å². The summed E-state index contributed by atoms with van der Waals surface area (Å²) >= 11 is 0. The zero-order chi connectivity index (χ0) is 8.36. The van der Waals surface area contributed by atoms with Crippen LogP contribution in [0, 0.1) is 24.7 Å². The first-order valence-corrected chi connectivity index (χ1v) is 3.18. The molecule has 11 heavy (non-hydrogen) atoms. The van der Waals surface area contributed by atoms with Crippen molar-refractivity contribution in [3.8, 4) is 24.7 Å². The van der Waals surface area contributed by atoms with Crippen molar-refractivity contribution in [3.05, 3.63) is 12.3 Å². The summed E-state index contributed by atoms with van der Waals surface area (Å²) in [5, 5.41) is 2.96. The minimum absolute atomic E-state index is 0.573. The maximum Gasteiger partial charge on any atom is 0.0763 e. The van der Waals surface area contributed by atoms with Gasteiger partial charge in [-0.2, -0.15) is 0 Å². The van der Waals surface area contributed by atoms with E-state index in [2.05, 4.69) is 22.2 Å². The molecule has 0 aromatic carbocycles. The largest absolute Gasteiger partial charge is 0.303 e. The zero-order valence-electron chi connectivity index (χ0n) is 6.25. The van der Waals surface area contributed by atoms with E-state index in [1.54, 1.807) is 6.20 Å². The minimum atomic E-state index is 0.573. The molecule has 0 saturated heterocycles. The van der Waals surface area contributed by atoms with Crippen LogP contribution in [0.25, 0.3) is 0 Å². The smallest absolute Gasteiger partial charge is 0.0763 e. The van der Waals surface area contributed by atoms with Crippen molar-refractivity contribution in [1.82, 2.24) is 5.32 Å². The number of nitrogens with one attached hydrogen (secondary N) is 1. The number of nitrogens with zero attached hydrogens (tertiary/aromatic N) is 1. The van der Waals surface area contributed by atoms with Gasteiger partial charge in [0.1, 0.15) is 0 Å². The highest BCUT2D eigenvalue weighted by Gasteiger charge is 1.73. The van der Waals surface area contributed by atoms with E-state index >= 15 is 0 Å². The van der Waals surface area contributed by atoms with Crippen molar-refractivity contribution in [2.24, 2.45) is 4.99 Å². The van der Waals surface area contributed by atoms with Gasteiger partial charge < -0.3 is 5.32 Å². The highest BCUT2D eigenvalue weighted by molar-refractivity contribution is 5.77. The molecule has 0 radical (unpaired) electrons. The Morgan fingerprint density at radius 3 is 2.91 bits per heavy atom. The fourth-order valence-corrected chi connectivity index (χ4v) is 0.427. The highest BCUT2D eigenvalue weighted by Crippen LogP contribution is 1.70. The van der Waals surface area contributed by atoms with Gasteiger partial charge in [0.2, 0.25) is 0 Å². The number of rotatable bonds is 4. The Bertz CT molecular complexity index is 213. The van der Waals surface area contributed by atoms with Crippen LogP contribution in [0.5, 0.6) is 0 Å². The summed E-state index contributed by atoms with van der Waals surface area (Å²) in [5.74, 6) is 4.73. The van der Waals surface area contributed by atoms with Gasteiger partial charge in [-0.25, -0.2) is 0 Å². The van der Waals surface area contributed by atoms with E-state index in [1.165, 1.54) is 6.21 Å². The molecule has 2 nitrogen and oxygen atoms in total. The molecule has 56 valence electrons. The van der Waals surface area contributed by atoms with Crippen LogP contribution in [0.4, 0.5) is 0 Å². The van der Waals surface area contributed by atoms with Gasteiger partial charge in [-0.1, -0.05) is 17.9 Å². The normalized spacial score (nSPS) is 10.0. The lowest BCUT2D eigenvalue weighted by molar-refractivity contribution is 0.856. The predicted molar refractivity (Wildman–Crippen MR) is 48.2 cm³/mol. The molecule has 0 spiro atoms. The molecule has 0 aliphatic rings. The fraction of sp³-hybridized carbons (Fsp3) is 0.222. The molecule has 0 aromatic heterocycles. The van der Waals surface area contributed by atoms with Gasteiger partial charge in [0, 0.05) is 12.7 Å². The zero-order valence-corrected chi connectivity index (χ0v) is 6.25. The van der Waals surface area contributed by atoms with Crippen LogP contribution in [0.1, 0.15) is 0 Å². The quantitative estimate of drug-likeness (QED) is 0.347. The Morgan fingerprint density at radius 2 is 2.27 bits per heavy atom. The van der Waals surface area contributed by atoms with Gasteiger partial charge in [-0.05, 0) is 0 Å². The lowest BCUT2D eigenvalue weighted by Crippen LogP contribution is -2.12. The molecular formula is C9H10N2. The van der Waals surface area contributed by atoms with Gasteiger partial charge >= 0.3 is 0 Å². The van der Waals surface area contributed by atoms with Crippen LogP contribution in [0.3, 0.4) is 0 Å². The third-order valence-electron chi connectivity index (χ3n) is 0.830. The Morgan fingerprint density at radius 1 is 1.45 bits per heavy atom. The van der Waals surface area contributed by atoms with Crippen LogP contribution in [0.15, 0.2) is 17.3 Å². The van der Waals surface area contributed by atoms with Gasteiger partial charge in [-0.15, -0.1) is 12.8 Å². The average Bonchev–Trinajstić information content (AvgIpc) is 2.03. The second-order valence-corrected chi connectivity index (χ2v) is 1.66. The Hall–Kier alpha value is -1.51. The maximum atomic E-state index is 5.00. The van der Waals surface area contributed by atoms with Crippen LogP contribution in [-0.2, 0) is 0 Å². The summed E-state index contributed by atoms with van der Waals surface area (Å²) in [6, 6.07) is 0. The highest BCUT2D eigenvalue weighted by atomic mass is 14.8. The minimum Gasteiger partial charge on any atom is -0.303 e. The molecule has 0 fully saturated rings. The molecule has 0 bridgehead atoms. The number of aliphatic imine (C=N–C) groups is 1. The van der Waals surface area contributed by atoms with Crippen LogP contribution >= 0.6 is 0 Å². The molecule has 0 amide bonds. The van der Waals surface area contributed by atoms with E-state index in [-0.39, 0.29) is 0 Å². The first-order valence-electron chi connectivity index (χ1n) is 3.18. The molecule has 0 saturated carbocycles. The summed E-state index contributed by atoms with van der Waals surface area (Å²) in [6.45, 7) is 1.29. The van der Waals surface area contributed by atoms with E-state index in [1.807, 2.05) is 6.08 Å². The third-order valence-corrected chi connectivity index (χ3v) is 0.830. The summed E-state index contributed by atoms with van der Waals surface area (Å²) in [4.78, 5) is 3.75. The van der Waals surface area contributed by atoms with Crippen molar-refractivity contribution < 1.29 is 0 Å². The SMILES string of the molecule is C#CC=N/C=C\CNCC#C. The molecule has 0 aromatic rings. The van der Waals surface area contributed by atoms with Crippen molar-refractivity contribution in [3.63, 3.8) is 0 Å². The van der Waals surface area contributed by atoms with E-state index < -0.39 is 0 Å². The summed E-state index contributed by atoms with van der Waals surface area (Å²) in [5.41, 5.74) is 0. The Kier molecular flexibility index (Phi) is 7.32. The van der Waals surface area contributed by atoms with Crippen LogP contribution in [0.2, 0.25) is 0 Å². The summed E-state index contributed by atoms with van der Waals surface area (Å²) in [6.07, 6.45) is 14.8. The second kappa shape index (κ2) is 8.49.